The molecule has 0 heterocycles. The van der Waals surface area contributed by atoms with Crippen LogP contribution in [0.1, 0.15) is 24.2 Å². The first-order valence-electron chi connectivity index (χ1n) is 4.51. The molecule has 0 radical (unpaired) electrons. The van der Waals surface area contributed by atoms with E-state index in [1.807, 2.05) is 6.07 Å². The molecule has 0 atom stereocenters. The molecule has 14 heavy (non-hydrogen) atoms. The van der Waals surface area contributed by atoms with E-state index in [0.29, 0.717) is 18.1 Å². The molecule has 0 spiro atoms. The second-order valence-electron chi connectivity index (χ2n) is 3.51. The number of rotatable bonds is 4. The van der Waals surface area contributed by atoms with Crippen LogP contribution >= 0.6 is 15.9 Å². The summed E-state index contributed by atoms with van der Waals surface area (Å²) in [6, 6.07) is 5.36. The van der Waals surface area contributed by atoms with E-state index in [0.717, 1.165) is 16.5 Å². The van der Waals surface area contributed by atoms with Gasteiger partial charge in [-0.15, -0.1) is 0 Å². The third-order valence-corrected chi connectivity index (χ3v) is 2.37. The quantitative estimate of drug-likeness (QED) is 0.773. The zero-order valence-corrected chi connectivity index (χ0v) is 9.87. The SMILES string of the molecule is CC(C)COc1ccc(C=O)c(Br)c1. The van der Waals surface area contributed by atoms with Gasteiger partial charge in [-0.1, -0.05) is 13.8 Å². The van der Waals surface area contributed by atoms with Crippen LogP contribution in [-0.4, -0.2) is 12.9 Å². The average Bonchev–Trinajstić information content (AvgIpc) is 2.15. The van der Waals surface area contributed by atoms with E-state index in [1.54, 1.807) is 12.1 Å². The number of aldehydes is 1. The maximum absolute atomic E-state index is 10.5. The molecule has 0 unspecified atom stereocenters. The van der Waals surface area contributed by atoms with Crippen molar-refractivity contribution in [3.63, 3.8) is 0 Å². The molecule has 1 rings (SSSR count). The van der Waals surface area contributed by atoms with Crippen LogP contribution in [0.2, 0.25) is 0 Å². The number of carbonyl (C=O) groups excluding carboxylic acids is 1. The molecular weight excluding hydrogens is 244 g/mol. The summed E-state index contributed by atoms with van der Waals surface area (Å²) in [5.41, 5.74) is 0.641. The lowest BCUT2D eigenvalue weighted by Gasteiger charge is -2.09. The minimum Gasteiger partial charge on any atom is -0.493 e. The van der Waals surface area contributed by atoms with E-state index >= 15 is 0 Å². The van der Waals surface area contributed by atoms with Gasteiger partial charge in [0, 0.05) is 10.0 Å². The van der Waals surface area contributed by atoms with Gasteiger partial charge in [0.05, 0.1) is 6.61 Å². The lowest BCUT2D eigenvalue weighted by Crippen LogP contribution is -2.04. The highest BCUT2D eigenvalue weighted by Crippen LogP contribution is 2.22. The van der Waals surface area contributed by atoms with Crippen LogP contribution < -0.4 is 4.74 Å². The van der Waals surface area contributed by atoms with Gasteiger partial charge in [-0.3, -0.25) is 4.79 Å². The molecule has 0 fully saturated rings. The molecule has 3 heteroatoms. The Morgan fingerprint density at radius 1 is 1.50 bits per heavy atom. The van der Waals surface area contributed by atoms with E-state index < -0.39 is 0 Å². The van der Waals surface area contributed by atoms with E-state index in [1.165, 1.54) is 0 Å². The Hall–Kier alpha value is -0.830. The lowest BCUT2D eigenvalue weighted by molar-refractivity contribution is 0.112. The van der Waals surface area contributed by atoms with Crippen molar-refractivity contribution in [1.29, 1.82) is 0 Å². The average molecular weight is 257 g/mol. The van der Waals surface area contributed by atoms with Gasteiger partial charge in [-0.25, -0.2) is 0 Å². The molecule has 0 aliphatic carbocycles. The highest BCUT2D eigenvalue weighted by Gasteiger charge is 2.01. The maximum Gasteiger partial charge on any atom is 0.151 e. The first-order chi connectivity index (χ1) is 6.63. The normalized spacial score (nSPS) is 10.3. The summed E-state index contributed by atoms with van der Waals surface area (Å²) in [6.45, 7) is 4.87. The lowest BCUT2D eigenvalue weighted by atomic mass is 10.2. The van der Waals surface area contributed by atoms with E-state index in [4.69, 9.17) is 4.74 Å². The second-order valence-corrected chi connectivity index (χ2v) is 4.36. The monoisotopic (exact) mass is 256 g/mol. The molecule has 1 aromatic carbocycles. The van der Waals surface area contributed by atoms with Gasteiger partial charge in [-0.05, 0) is 40.0 Å². The van der Waals surface area contributed by atoms with Crippen molar-refractivity contribution >= 4 is 22.2 Å². The number of halogens is 1. The molecule has 0 aliphatic heterocycles. The molecular formula is C11H13BrO2. The first-order valence-corrected chi connectivity index (χ1v) is 5.30. The summed E-state index contributed by atoms with van der Waals surface area (Å²) < 4.78 is 6.27. The first kappa shape index (κ1) is 11.2. The third-order valence-electron chi connectivity index (χ3n) is 1.68. The summed E-state index contributed by atoms with van der Waals surface area (Å²) in [5, 5.41) is 0. The number of ether oxygens (including phenoxy) is 1. The summed E-state index contributed by atoms with van der Waals surface area (Å²) >= 11 is 3.30. The minimum absolute atomic E-state index is 0.500. The largest absolute Gasteiger partial charge is 0.493 e. The standard InChI is InChI=1S/C11H13BrO2/c1-8(2)7-14-10-4-3-9(6-13)11(12)5-10/h3-6,8H,7H2,1-2H3. The van der Waals surface area contributed by atoms with Crippen molar-refractivity contribution in [2.24, 2.45) is 5.92 Å². The number of hydrogen-bond acceptors (Lipinski definition) is 2. The van der Waals surface area contributed by atoms with E-state index in [2.05, 4.69) is 29.8 Å². The zero-order chi connectivity index (χ0) is 10.6. The van der Waals surface area contributed by atoms with Crippen LogP contribution in [0.5, 0.6) is 5.75 Å². The summed E-state index contributed by atoms with van der Waals surface area (Å²) in [4.78, 5) is 10.5. The van der Waals surface area contributed by atoms with Crippen molar-refractivity contribution in [3.05, 3.63) is 28.2 Å². The Kier molecular flexibility index (Phi) is 4.14. The molecule has 76 valence electrons. The molecule has 0 N–H and O–H groups in total. The Bertz CT molecular complexity index is 321. The fraction of sp³-hybridized carbons (Fsp3) is 0.364. The summed E-state index contributed by atoms with van der Waals surface area (Å²) in [5.74, 6) is 1.29. The van der Waals surface area contributed by atoms with Crippen molar-refractivity contribution < 1.29 is 9.53 Å². The van der Waals surface area contributed by atoms with Crippen LogP contribution in [0.3, 0.4) is 0 Å². The van der Waals surface area contributed by atoms with Crippen LogP contribution in [0.25, 0.3) is 0 Å². The molecule has 0 bridgehead atoms. The third kappa shape index (κ3) is 3.14. The van der Waals surface area contributed by atoms with Gasteiger partial charge in [0.15, 0.2) is 6.29 Å². The Morgan fingerprint density at radius 2 is 2.21 bits per heavy atom. The predicted octanol–water partition coefficient (Wildman–Crippen LogP) is 3.30. The molecule has 0 aliphatic rings. The molecule has 0 saturated carbocycles. The van der Waals surface area contributed by atoms with Crippen LogP contribution in [0.4, 0.5) is 0 Å². The fourth-order valence-electron chi connectivity index (χ4n) is 0.956. The summed E-state index contributed by atoms with van der Waals surface area (Å²) in [7, 11) is 0. The topological polar surface area (TPSA) is 26.3 Å². The van der Waals surface area contributed by atoms with Crippen LogP contribution in [0, 0.1) is 5.92 Å². The smallest absolute Gasteiger partial charge is 0.151 e. The van der Waals surface area contributed by atoms with Crippen molar-refractivity contribution in [2.45, 2.75) is 13.8 Å². The van der Waals surface area contributed by atoms with Gasteiger partial charge < -0.3 is 4.74 Å². The van der Waals surface area contributed by atoms with Gasteiger partial charge in [0.1, 0.15) is 5.75 Å². The highest BCUT2D eigenvalue weighted by molar-refractivity contribution is 9.10. The molecule has 0 saturated heterocycles. The molecule has 0 aromatic heterocycles. The Balaban J connectivity index is 2.71. The van der Waals surface area contributed by atoms with E-state index in [9.17, 15) is 4.79 Å². The van der Waals surface area contributed by atoms with Crippen molar-refractivity contribution in [2.75, 3.05) is 6.61 Å². The number of carbonyl (C=O) groups is 1. The van der Waals surface area contributed by atoms with Crippen molar-refractivity contribution in [1.82, 2.24) is 0 Å². The van der Waals surface area contributed by atoms with Crippen molar-refractivity contribution in [3.8, 4) is 5.75 Å². The predicted molar refractivity (Wildman–Crippen MR) is 59.9 cm³/mol. The Morgan fingerprint density at radius 3 is 2.71 bits per heavy atom. The van der Waals surface area contributed by atoms with Gasteiger partial charge >= 0.3 is 0 Å². The number of hydrogen-bond donors (Lipinski definition) is 0. The Labute approximate surface area is 92.4 Å². The number of benzene rings is 1. The molecule has 1 aromatic rings. The van der Waals surface area contributed by atoms with Crippen LogP contribution in [-0.2, 0) is 0 Å². The zero-order valence-electron chi connectivity index (χ0n) is 8.29. The highest BCUT2D eigenvalue weighted by atomic mass is 79.9. The maximum atomic E-state index is 10.5. The van der Waals surface area contributed by atoms with E-state index in [-0.39, 0.29) is 0 Å². The van der Waals surface area contributed by atoms with Gasteiger partial charge in [0.2, 0.25) is 0 Å². The molecule has 0 amide bonds. The minimum atomic E-state index is 0.500. The summed E-state index contributed by atoms with van der Waals surface area (Å²) in [6.07, 6.45) is 0.816. The van der Waals surface area contributed by atoms with Gasteiger partial charge in [-0.2, -0.15) is 0 Å². The van der Waals surface area contributed by atoms with Gasteiger partial charge in [0.25, 0.3) is 0 Å². The van der Waals surface area contributed by atoms with Crippen LogP contribution in [0.15, 0.2) is 22.7 Å². The molecule has 2 nitrogen and oxygen atoms in total. The second kappa shape index (κ2) is 5.15. The fourth-order valence-corrected chi connectivity index (χ4v) is 1.41.